The van der Waals surface area contributed by atoms with E-state index in [1.165, 1.54) is 50.4 Å². The van der Waals surface area contributed by atoms with Crippen LogP contribution in [0.5, 0.6) is 0 Å². The number of amides is 10. The first kappa shape index (κ1) is 85.2. The molecule has 2 aromatic rings. The molecule has 0 aliphatic carbocycles. The molecule has 0 spiro atoms. The second-order valence-corrected chi connectivity index (χ2v) is 26.9. The number of hydrogen-bond donors (Lipinski definition) is 13. The molecule has 103 heavy (non-hydrogen) atoms. The van der Waals surface area contributed by atoms with Crippen molar-refractivity contribution < 1.29 is 113 Å². The summed E-state index contributed by atoms with van der Waals surface area (Å²) >= 11 is 0. The molecule has 33 nitrogen and oxygen atoms in total. The number of anilines is 1. The van der Waals surface area contributed by atoms with Gasteiger partial charge in [-0.1, -0.05) is 111 Å². The molecule has 0 saturated carbocycles. The summed E-state index contributed by atoms with van der Waals surface area (Å²) in [6.45, 7) is 14.0. The van der Waals surface area contributed by atoms with Crippen molar-refractivity contribution in [3.05, 3.63) is 65.7 Å². The van der Waals surface area contributed by atoms with E-state index in [1.807, 2.05) is 13.8 Å². The molecule has 2 aliphatic heterocycles. The van der Waals surface area contributed by atoms with Crippen LogP contribution in [0, 0.1) is 29.6 Å². The second-order valence-electron chi connectivity index (χ2n) is 26.9. The Morgan fingerprint density at radius 1 is 0.699 bits per heavy atom. The number of benzene rings is 2. The fourth-order valence-electron chi connectivity index (χ4n) is 12.3. The Labute approximate surface area is 601 Å². The highest BCUT2D eigenvalue weighted by atomic mass is 16.7. The highest BCUT2D eigenvalue weighted by Gasteiger charge is 2.48. The molecule has 0 radical (unpaired) electrons. The van der Waals surface area contributed by atoms with Crippen LogP contribution in [0.3, 0.4) is 0 Å². The smallest absolute Gasteiger partial charge is 0.410 e. The van der Waals surface area contributed by atoms with Gasteiger partial charge < -0.3 is 101 Å². The number of carbonyl (C=O) groups is 12. The van der Waals surface area contributed by atoms with Gasteiger partial charge >= 0.3 is 18.0 Å². The number of carboxylic acid groups (broad SMARTS) is 2. The number of nitrogens with zero attached hydrogens (tertiary/aromatic N) is 3. The predicted molar refractivity (Wildman–Crippen MR) is 370 cm³/mol. The molecule has 4 rings (SSSR count). The van der Waals surface area contributed by atoms with Crippen molar-refractivity contribution in [2.75, 3.05) is 66.5 Å². The number of nitrogens with one attached hydrogen (secondary N) is 7. The molecule has 0 bridgehead atoms. The normalized spacial score (nSPS) is 20.7. The monoisotopic (exact) mass is 1460 g/mol. The lowest BCUT2D eigenvalue weighted by Crippen LogP contribution is -2.60. The van der Waals surface area contributed by atoms with Gasteiger partial charge in [-0.25, -0.2) is 9.59 Å². The van der Waals surface area contributed by atoms with Crippen LogP contribution in [0.25, 0.3) is 0 Å². The summed E-state index contributed by atoms with van der Waals surface area (Å²) in [5, 5.41) is 76.8. The van der Waals surface area contributed by atoms with Crippen LogP contribution in [0.4, 0.5) is 10.5 Å². The van der Waals surface area contributed by atoms with E-state index in [-0.39, 0.29) is 56.5 Å². The van der Waals surface area contributed by atoms with E-state index >= 15 is 0 Å². The van der Waals surface area contributed by atoms with Crippen LogP contribution in [0.15, 0.2) is 54.6 Å². The van der Waals surface area contributed by atoms with Gasteiger partial charge in [0.05, 0.1) is 62.8 Å². The number of aliphatic carboxylic acids is 2. The van der Waals surface area contributed by atoms with Crippen molar-refractivity contribution in [3.8, 4) is 0 Å². The van der Waals surface area contributed by atoms with Crippen molar-refractivity contribution in [1.29, 1.82) is 0 Å². The van der Waals surface area contributed by atoms with E-state index in [4.69, 9.17) is 30.2 Å². The molecule has 13 N–H and O–H groups in total. The summed E-state index contributed by atoms with van der Waals surface area (Å²) in [4.78, 5) is 164. The van der Waals surface area contributed by atoms with Gasteiger partial charge in [-0.3, -0.25) is 52.8 Å². The Hall–Kier alpha value is -8.44. The Bertz CT molecular complexity index is 3190. The molecule has 2 saturated heterocycles. The highest BCUT2D eigenvalue weighted by molar-refractivity contribution is 5.99. The van der Waals surface area contributed by atoms with Gasteiger partial charge in [0.1, 0.15) is 55.1 Å². The van der Waals surface area contributed by atoms with E-state index < -0.39 is 200 Å². The Morgan fingerprint density at radius 2 is 1.34 bits per heavy atom. The van der Waals surface area contributed by atoms with Crippen LogP contribution < -0.4 is 37.2 Å². The number of methoxy groups -OCH3 is 2. The number of hydrogen-bond acceptors (Lipinski definition) is 21. The fourth-order valence-corrected chi connectivity index (χ4v) is 12.3. The number of rotatable bonds is 41. The number of carbonyl (C=O) groups excluding carboxylic acids is 10. The van der Waals surface area contributed by atoms with Gasteiger partial charge in [0.15, 0.2) is 12.4 Å². The third kappa shape index (κ3) is 25.7. The SMILES string of the molecule is [3H]C(CC(=O)O)C(=O)NCC(=O)N[C@H](C(=O)N[C@@H](CO)C(=O)Nc1ccc(COC(=O)N(C)[C@H](C(=O)N[C@H](C(=O)N(C)[C@@H]([C@@H](C)CC)[C@@H](CC(=O)N2CCC[C@H]2[C@H](OC)[C@@H](C)C(=O)N[C@@H](Cc2ccccc2)C(=O)NCCCO[C@@H]2O[C@H](C(=O)O)[C@@H](O)[C@H](O)[C@H]2O)OC)C(C)C)C(C)C)cc1)C(C)C. The number of ether oxygens (including phenoxy) is 5. The lowest BCUT2D eigenvalue weighted by molar-refractivity contribution is -0.294. The summed E-state index contributed by atoms with van der Waals surface area (Å²) in [6.07, 6.45) is -12.4. The molecule has 576 valence electrons. The van der Waals surface area contributed by atoms with Crippen LogP contribution in [-0.2, 0) is 89.5 Å². The van der Waals surface area contributed by atoms with Crippen molar-refractivity contribution in [3.63, 3.8) is 0 Å². The number of likely N-dealkylation sites (tertiary alicyclic amines) is 1. The zero-order valence-electron chi connectivity index (χ0n) is 61.9. The molecule has 17 atom stereocenters. The third-order valence-corrected chi connectivity index (χ3v) is 18.3. The minimum Gasteiger partial charge on any atom is -0.481 e. The lowest BCUT2D eigenvalue weighted by atomic mass is 9.89. The number of likely N-dealkylation sites (N-methyl/N-ethyl adjacent to an activating group) is 2. The minimum absolute atomic E-state index is 0.00503. The third-order valence-electron chi connectivity index (χ3n) is 18.3. The molecule has 2 aromatic carbocycles. The molecule has 1 unspecified atom stereocenters. The van der Waals surface area contributed by atoms with Gasteiger partial charge in [0.25, 0.3) is 0 Å². The molecule has 10 amide bonds. The first-order valence-corrected chi connectivity index (χ1v) is 34.5. The average Bonchev–Trinajstić information content (AvgIpc) is 1.31. The van der Waals surface area contributed by atoms with Gasteiger partial charge in [-0.05, 0) is 66.2 Å². The Balaban J connectivity index is 1.38. The highest BCUT2D eigenvalue weighted by Crippen LogP contribution is 2.31. The first-order chi connectivity index (χ1) is 49.0. The van der Waals surface area contributed by atoms with E-state index in [0.29, 0.717) is 31.4 Å². The number of aliphatic hydroxyl groups excluding tert-OH is 4. The number of aliphatic hydroxyl groups is 4. The zero-order valence-corrected chi connectivity index (χ0v) is 60.9. The maximum absolute atomic E-state index is 14.9. The molecular formula is C70H108N10O23. The largest absolute Gasteiger partial charge is 0.481 e. The lowest BCUT2D eigenvalue weighted by Gasteiger charge is -2.41. The minimum atomic E-state index is -1.90. The first-order valence-electron chi connectivity index (χ1n) is 35.1. The van der Waals surface area contributed by atoms with Crippen LogP contribution in [0.2, 0.25) is 0 Å². The molecule has 0 aromatic heterocycles. The van der Waals surface area contributed by atoms with Gasteiger partial charge in [-0.15, -0.1) is 0 Å². The second kappa shape index (κ2) is 42.4. The average molecular weight is 1460 g/mol. The maximum Gasteiger partial charge on any atom is 0.410 e. The maximum atomic E-state index is 14.9. The molecule has 33 heteroatoms. The topological polar surface area (TPSA) is 466 Å². The summed E-state index contributed by atoms with van der Waals surface area (Å²) in [6, 6.07) is 7.56. The van der Waals surface area contributed by atoms with E-state index in [0.717, 1.165) is 10.5 Å². The Morgan fingerprint density at radius 3 is 1.91 bits per heavy atom. The fraction of sp³-hybridized carbons (Fsp3) is 0.657. The number of carboxylic acids is 2. The van der Waals surface area contributed by atoms with E-state index in [1.54, 1.807) is 90.7 Å². The van der Waals surface area contributed by atoms with Crippen molar-refractivity contribution >= 4 is 76.9 Å². The van der Waals surface area contributed by atoms with Crippen molar-refractivity contribution in [2.24, 2.45) is 29.6 Å². The van der Waals surface area contributed by atoms with Crippen LogP contribution in [-0.4, -0.2) is 263 Å². The summed E-state index contributed by atoms with van der Waals surface area (Å²) in [7, 11) is 5.85. The van der Waals surface area contributed by atoms with E-state index in [2.05, 4.69) is 37.2 Å². The van der Waals surface area contributed by atoms with E-state index in [9.17, 15) is 83.1 Å². The van der Waals surface area contributed by atoms with Crippen molar-refractivity contribution in [1.82, 2.24) is 46.6 Å². The zero-order chi connectivity index (χ0) is 78.0. The van der Waals surface area contributed by atoms with Crippen molar-refractivity contribution in [2.45, 2.75) is 205 Å². The molecule has 2 heterocycles. The Kier molecular flexibility index (Phi) is 35.0. The molecule has 2 fully saturated rings. The molecular weight excluding hydrogens is 1350 g/mol. The summed E-state index contributed by atoms with van der Waals surface area (Å²) in [5.41, 5.74) is 1.42. The van der Waals surface area contributed by atoms with Crippen LogP contribution >= 0.6 is 0 Å². The molecule has 2 aliphatic rings. The quantitative estimate of drug-likeness (QED) is 0.0390. The standard InChI is InChI=1S/C70H108N10O23/c1-14-40(8)56(48(99-12)33-51(84)80-30-18-22-47(80)60(100-13)41(9)62(90)74-45(32-42-20-16-15-17-21-42)63(91)71-29-19-31-101-69-59(89)57(87)58(88)61(103-69)68(96)97)78(10)67(95)54(38(4)5)77-66(94)55(39(6)7)79(11)70(98)102-36-43-23-25-44(26-24-43)73-64(92)46(35-81)75-65(93)53(37(2)3)76-50(83)34-72-49(82)27-28-52(85)86/h15-17,20-21,23-26,37-41,45-48,53-61,69,81,87-89H,14,18-19,22,27-36H2,1-13H3,(H,71,91)(H,72,82)(H,73,92)(H,74,90)(H,75,93)(H,76,83)(H,77,94)(H,85,86)(H,96,97)/t40-,41+,45-,46-,47-,48+,53-,54-,55-,56-,57-,58-,59+,60+,61-,69+/m0/s1/i27T/t27?,40-,41+,45-,46-,47-,48+,53-,54-,55-,56-,57-,58-,59+,60+,61-,69+. The van der Waals surface area contributed by atoms with Gasteiger partial charge in [0.2, 0.25) is 53.2 Å². The van der Waals surface area contributed by atoms with Gasteiger partial charge in [0, 0.05) is 61.3 Å². The van der Waals surface area contributed by atoms with Gasteiger partial charge in [-0.2, -0.15) is 0 Å². The summed E-state index contributed by atoms with van der Waals surface area (Å²) in [5.74, 6) is -11.7. The predicted octanol–water partition coefficient (Wildman–Crippen LogP) is 0.0207. The summed E-state index contributed by atoms with van der Waals surface area (Å²) < 4.78 is 36.0. The van der Waals surface area contributed by atoms with Crippen LogP contribution in [0.1, 0.15) is 120 Å².